The molecule has 0 spiro atoms. The monoisotopic (exact) mass is 224 g/mol. The minimum absolute atomic E-state index is 0.530. The van der Waals surface area contributed by atoms with Crippen molar-refractivity contribution in [2.45, 2.75) is 56.9 Å². The van der Waals surface area contributed by atoms with Crippen molar-refractivity contribution in [1.29, 1.82) is 0 Å². The van der Waals surface area contributed by atoms with Crippen molar-refractivity contribution < 1.29 is 0 Å². The Kier molecular flexibility index (Phi) is 4.26. The third-order valence-electron chi connectivity index (χ3n) is 4.42. The molecule has 2 nitrogen and oxygen atoms in total. The summed E-state index contributed by atoms with van der Waals surface area (Å²) in [7, 11) is 4.47. The van der Waals surface area contributed by atoms with Crippen LogP contribution in [-0.2, 0) is 0 Å². The predicted octanol–water partition coefficient (Wildman–Crippen LogP) is 2.74. The summed E-state index contributed by atoms with van der Waals surface area (Å²) in [6.45, 7) is 3.98. The number of hydrogen-bond donors (Lipinski definition) is 0. The highest BCUT2D eigenvalue weighted by Crippen LogP contribution is 2.35. The van der Waals surface area contributed by atoms with Crippen LogP contribution in [0.5, 0.6) is 0 Å². The summed E-state index contributed by atoms with van der Waals surface area (Å²) in [5.41, 5.74) is 0.530. The quantitative estimate of drug-likeness (QED) is 0.727. The van der Waals surface area contributed by atoms with Gasteiger partial charge in [0.2, 0.25) is 0 Å². The molecule has 1 saturated heterocycles. The molecule has 1 aliphatic heterocycles. The molecule has 16 heavy (non-hydrogen) atoms. The number of likely N-dealkylation sites (tertiary alicyclic amines) is 1. The van der Waals surface area contributed by atoms with E-state index >= 15 is 0 Å². The van der Waals surface area contributed by atoms with Gasteiger partial charge >= 0.3 is 0 Å². The minimum Gasteiger partial charge on any atom is -0.308 e. The van der Waals surface area contributed by atoms with Gasteiger partial charge in [0.1, 0.15) is 0 Å². The van der Waals surface area contributed by atoms with E-state index in [4.69, 9.17) is 0 Å². The first kappa shape index (κ1) is 12.4. The van der Waals surface area contributed by atoms with E-state index in [-0.39, 0.29) is 0 Å². The average molecular weight is 224 g/mol. The Hall–Kier alpha value is -0.0800. The molecular weight excluding hydrogens is 196 g/mol. The molecule has 2 heteroatoms. The number of rotatable bonds is 3. The van der Waals surface area contributed by atoms with Gasteiger partial charge in [-0.05, 0) is 52.9 Å². The smallest absolute Gasteiger partial charge is 0.0336 e. The fourth-order valence-corrected chi connectivity index (χ4v) is 3.74. The van der Waals surface area contributed by atoms with Crippen LogP contribution in [0.2, 0.25) is 0 Å². The van der Waals surface area contributed by atoms with Gasteiger partial charge in [0.15, 0.2) is 0 Å². The second kappa shape index (κ2) is 5.50. The molecule has 1 aliphatic carbocycles. The molecule has 94 valence electrons. The van der Waals surface area contributed by atoms with Gasteiger partial charge in [-0.1, -0.05) is 25.7 Å². The van der Waals surface area contributed by atoms with Crippen molar-refractivity contribution in [3.05, 3.63) is 0 Å². The van der Waals surface area contributed by atoms with Crippen LogP contribution in [0.1, 0.15) is 51.4 Å². The molecule has 0 unspecified atom stereocenters. The van der Waals surface area contributed by atoms with E-state index in [1.54, 1.807) is 0 Å². The Morgan fingerprint density at radius 1 is 0.875 bits per heavy atom. The summed E-state index contributed by atoms with van der Waals surface area (Å²) in [5.74, 6) is 0. The lowest BCUT2D eigenvalue weighted by Gasteiger charge is -2.49. The molecule has 0 bridgehead atoms. The fourth-order valence-electron chi connectivity index (χ4n) is 3.74. The van der Waals surface area contributed by atoms with Gasteiger partial charge in [-0.15, -0.1) is 0 Å². The summed E-state index contributed by atoms with van der Waals surface area (Å²) < 4.78 is 0. The van der Waals surface area contributed by atoms with Crippen molar-refractivity contribution in [1.82, 2.24) is 9.80 Å². The summed E-state index contributed by atoms with van der Waals surface area (Å²) in [4.78, 5) is 5.23. The molecular formula is C14H28N2. The average Bonchev–Trinajstić information content (AvgIpc) is 2.30. The van der Waals surface area contributed by atoms with Crippen LogP contribution in [0.3, 0.4) is 0 Å². The van der Waals surface area contributed by atoms with E-state index in [2.05, 4.69) is 23.9 Å². The molecule has 0 radical (unpaired) electrons. The Bertz CT molecular complexity index is 201. The van der Waals surface area contributed by atoms with E-state index in [9.17, 15) is 0 Å². The Labute approximate surface area is 101 Å². The fraction of sp³-hybridized carbons (Fsp3) is 1.00. The Morgan fingerprint density at radius 2 is 1.44 bits per heavy atom. The maximum atomic E-state index is 2.83. The molecule has 2 aliphatic rings. The Morgan fingerprint density at radius 3 is 2.00 bits per heavy atom. The van der Waals surface area contributed by atoms with Crippen molar-refractivity contribution in [3.8, 4) is 0 Å². The van der Waals surface area contributed by atoms with Crippen LogP contribution in [0.25, 0.3) is 0 Å². The van der Waals surface area contributed by atoms with Crippen molar-refractivity contribution >= 4 is 0 Å². The highest BCUT2D eigenvalue weighted by Gasteiger charge is 2.38. The van der Waals surface area contributed by atoms with Gasteiger partial charge in [-0.3, -0.25) is 4.90 Å². The largest absolute Gasteiger partial charge is 0.308 e. The third kappa shape index (κ3) is 2.78. The second-order valence-corrected chi connectivity index (χ2v) is 6.07. The third-order valence-corrected chi connectivity index (χ3v) is 4.42. The molecule has 2 rings (SSSR count). The number of likely N-dealkylation sites (N-methyl/N-ethyl adjacent to an activating group) is 1. The molecule has 0 N–H and O–H groups in total. The lowest BCUT2D eigenvalue weighted by Crippen LogP contribution is -2.57. The minimum atomic E-state index is 0.530. The predicted molar refractivity (Wildman–Crippen MR) is 69.8 cm³/mol. The molecule has 0 amide bonds. The van der Waals surface area contributed by atoms with E-state index in [1.807, 2.05) is 0 Å². The lowest BCUT2D eigenvalue weighted by atomic mass is 9.79. The highest BCUT2D eigenvalue weighted by molar-refractivity contribution is 4.95. The zero-order valence-electron chi connectivity index (χ0n) is 11.2. The van der Waals surface area contributed by atoms with Crippen LogP contribution in [0, 0.1) is 0 Å². The van der Waals surface area contributed by atoms with Crippen LogP contribution in [-0.4, -0.2) is 49.1 Å². The zero-order chi connectivity index (χ0) is 11.4. The first-order valence-electron chi connectivity index (χ1n) is 7.13. The molecule has 0 aromatic heterocycles. The number of piperidine rings is 1. The summed E-state index contributed by atoms with van der Waals surface area (Å²) in [6.07, 6.45) is 11.5. The normalized spacial score (nSPS) is 27.2. The molecule has 0 atom stereocenters. The maximum absolute atomic E-state index is 2.83. The van der Waals surface area contributed by atoms with Gasteiger partial charge < -0.3 is 4.90 Å². The SMILES string of the molecule is CN(C)CC1(N2CCCCC2)CCCCC1. The zero-order valence-corrected chi connectivity index (χ0v) is 11.2. The molecule has 0 aromatic carbocycles. The first-order valence-corrected chi connectivity index (χ1v) is 7.13. The van der Waals surface area contributed by atoms with E-state index in [0.717, 1.165) is 0 Å². The standard InChI is InChI=1S/C14H28N2/c1-15(2)13-14(9-5-3-6-10-14)16-11-7-4-8-12-16/h3-13H2,1-2H3. The van der Waals surface area contributed by atoms with Crippen LogP contribution in [0.4, 0.5) is 0 Å². The van der Waals surface area contributed by atoms with Gasteiger partial charge in [0.25, 0.3) is 0 Å². The van der Waals surface area contributed by atoms with Crippen LogP contribution in [0.15, 0.2) is 0 Å². The Balaban J connectivity index is 2.05. The number of nitrogens with zero attached hydrogens (tertiary/aromatic N) is 2. The highest BCUT2D eigenvalue weighted by atomic mass is 15.2. The topological polar surface area (TPSA) is 6.48 Å². The number of hydrogen-bond acceptors (Lipinski definition) is 2. The second-order valence-electron chi connectivity index (χ2n) is 6.07. The summed E-state index contributed by atoms with van der Waals surface area (Å²) >= 11 is 0. The maximum Gasteiger partial charge on any atom is 0.0336 e. The van der Waals surface area contributed by atoms with E-state index < -0.39 is 0 Å². The first-order chi connectivity index (χ1) is 7.73. The molecule has 0 aromatic rings. The van der Waals surface area contributed by atoms with E-state index in [1.165, 1.54) is 71.0 Å². The van der Waals surface area contributed by atoms with Gasteiger partial charge in [-0.25, -0.2) is 0 Å². The summed E-state index contributed by atoms with van der Waals surface area (Å²) in [5, 5.41) is 0. The van der Waals surface area contributed by atoms with E-state index in [0.29, 0.717) is 5.54 Å². The summed E-state index contributed by atoms with van der Waals surface area (Å²) in [6, 6.07) is 0. The lowest BCUT2D eigenvalue weighted by molar-refractivity contribution is 0.0142. The van der Waals surface area contributed by atoms with Gasteiger partial charge in [0.05, 0.1) is 0 Å². The van der Waals surface area contributed by atoms with Crippen molar-refractivity contribution in [3.63, 3.8) is 0 Å². The molecule has 2 fully saturated rings. The molecule has 1 saturated carbocycles. The van der Waals surface area contributed by atoms with Gasteiger partial charge in [-0.2, -0.15) is 0 Å². The molecule has 1 heterocycles. The van der Waals surface area contributed by atoms with Crippen LogP contribution < -0.4 is 0 Å². The van der Waals surface area contributed by atoms with Crippen LogP contribution >= 0.6 is 0 Å². The van der Waals surface area contributed by atoms with Gasteiger partial charge in [0, 0.05) is 12.1 Å². The van der Waals surface area contributed by atoms with Crippen molar-refractivity contribution in [2.24, 2.45) is 0 Å². The van der Waals surface area contributed by atoms with Crippen molar-refractivity contribution in [2.75, 3.05) is 33.7 Å².